The fourth-order valence-corrected chi connectivity index (χ4v) is 3.39. The van der Waals surface area contributed by atoms with Crippen molar-refractivity contribution in [2.75, 3.05) is 11.4 Å². The van der Waals surface area contributed by atoms with Crippen LogP contribution < -0.4 is 10.2 Å². The Kier molecular flexibility index (Phi) is 5.62. The maximum Gasteiger partial charge on any atom is 0.249 e. The minimum absolute atomic E-state index is 0.00410. The summed E-state index contributed by atoms with van der Waals surface area (Å²) >= 11 is 5.88. The zero-order valence-electron chi connectivity index (χ0n) is 15.0. The number of nitrogens with zero attached hydrogens (tertiary/aromatic N) is 1. The Morgan fingerprint density at radius 3 is 2.50 bits per heavy atom. The number of hydrogen-bond donors (Lipinski definition) is 1. The molecule has 1 aliphatic rings. The number of carbonyl (C=O) groups excluding carboxylic acids is 2. The number of amides is 2. The van der Waals surface area contributed by atoms with E-state index in [0.29, 0.717) is 11.6 Å². The zero-order valence-corrected chi connectivity index (χ0v) is 15.8. The van der Waals surface area contributed by atoms with E-state index in [4.69, 9.17) is 11.6 Å². The predicted molar refractivity (Wildman–Crippen MR) is 104 cm³/mol. The molecule has 0 fully saturated rings. The summed E-state index contributed by atoms with van der Waals surface area (Å²) in [6.45, 7) is 4.56. The van der Waals surface area contributed by atoms with Crippen molar-refractivity contribution in [1.82, 2.24) is 5.32 Å². The number of rotatable bonds is 5. The monoisotopic (exact) mass is 370 g/mol. The second-order valence-corrected chi connectivity index (χ2v) is 7.40. The molecule has 26 heavy (non-hydrogen) atoms. The second-order valence-electron chi connectivity index (χ2n) is 6.96. The van der Waals surface area contributed by atoms with Crippen molar-refractivity contribution >= 4 is 29.1 Å². The second kappa shape index (κ2) is 7.92. The van der Waals surface area contributed by atoms with E-state index in [-0.39, 0.29) is 24.2 Å². The SMILES string of the molecule is CC(C)[C@H](NC(=O)Cc1ccc(Cl)cc1)C(=O)N1CCc2ccccc21. The third-order valence-corrected chi connectivity index (χ3v) is 4.93. The first kappa shape index (κ1) is 18.5. The normalized spacial score (nSPS) is 14.2. The van der Waals surface area contributed by atoms with E-state index in [1.165, 1.54) is 5.56 Å². The summed E-state index contributed by atoms with van der Waals surface area (Å²) in [5, 5.41) is 3.56. The van der Waals surface area contributed by atoms with Gasteiger partial charge in [0.25, 0.3) is 0 Å². The third-order valence-electron chi connectivity index (χ3n) is 4.68. The van der Waals surface area contributed by atoms with Gasteiger partial charge in [-0.2, -0.15) is 0 Å². The zero-order chi connectivity index (χ0) is 18.7. The Labute approximate surface area is 159 Å². The number of benzene rings is 2. The number of carbonyl (C=O) groups is 2. The highest BCUT2D eigenvalue weighted by Gasteiger charge is 2.32. The van der Waals surface area contributed by atoms with Crippen molar-refractivity contribution in [2.45, 2.75) is 32.7 Å². The van der Waals surface area contributed by atoms with Crippen LogP contribution in [-0.4, -0.2) is 24.4 Å². The minimum Gasteiger partial charge on any atom is -0.344 e. The van der Waals surface area contributed by atoms with Gasteiger partial charge >= 0.3 is 0 Å². The van der Waals surface area contributed by atoms with Crippen LogP contribution in [0.2, 0.25) is 5.02 Å². The number of halogens is 1. The molecule has 0 aromatic heterocycles. The van der Waals surface area contributed by atoms with Crippen molar-refractivity contribution in [2.24, 2.45) is 5.92 Å². The molecule has 2 aromatic carbocycles. The quantitative estimate of drug-likeness (QED) is 0.874. The van der Waals surface area contributed by atoms with Crippen LogP contribution >= 0.6 is 11.6 Å². The smallest absolute Gasteiger partial charge is 0.249 e. The Morgan fingerprint density at radius 2 is 1.81 bits per heavy atom. The predicted octanol–water partition coefficient (Wildman–Crippen LogP) is 3.61. The van der Waals surface area contributed by atoms with Crippen LogP contribution in [0.4, 0.5) is 5.69 Å². The van der Waals surface area contributed by atoms with Gasteiger partial charge in [0.1, 0.15) is 6.04 Å². The molecule has 1 aliphatic heterocycles. The van der Waals surface area contributed by atoms with Crippen LogP contribution in [0.5, 0.6) is 0 Å². The van der Waals surface area contributed by atoms with Gasteiger partial charge in [0, 0.05) is 17.3 Å². The molecular formula is C21H23ClN2O2. The van der Waals surface area contributed by atoms with Crippen molar-refractivity contribution in [3.63, 3.8) is 0 Å². The highest BCUT2D eigenvalue weighted by molar-refractivity contribution is 6.30. The lowest BCUT2D eigenvalue weighted by molar-refractivity contribution is -0.128. The van der Waals surface area contributed by atoms with Crippen LogP contribution in [0.1, 0.15) is 25.0 Å². The largest absolute Gasteiger partial charge is 0.344 e. The van der Waals surface area contributed by atoms with Gasteiger partial charge in [-0.25, -0.2) is 0 Å². The number of para-hydroxylation sites is 1. The Balaban J connectivity index is 1.70. The topological polar surface area (TPSA) is 49.4 Å². The molecule has 1 N–H and O–H groups in total. The van der Waals surface area contributed by atoms with Gasteiger partial charge in [0.2, 0.25) is 11.8 Å². The molecule has 0 bridgehead atoms. The van der Waals surface area contributed by atoms with Crippen molar-refractivity contribution in [3.05, 3.63) is 64.7 Å². The fraction of sp³-hybridized carbons (Fsp3) is 0.333. The lowest BCUT2D eigenvalue weighted by atomic mass is 10.0. The molecule has 1 heterocycles. The molecule has 3 rings (SSSR count). The van der Waals surface area contributed by atoms with E-state index < -0.39 is 6.04 Å². The molecule has 2 aromatic rings. The minimum atomic E-state index is -0.541. The summed E-state index contributed by atoms with van der Waals surface area (Å²) < 4.78 is 0. The number of hydrogen-bond acceptors (Lipinski definition) is 2. The van der Waals surface area contributed by atoms with Gasteiger partial charge in [-0.1, -0.05) is 55.8 Å². The summed E-state index contributed by atoms with van der Waals surface area (Å²) in [6, 6.07) is 14.6. The Hall–Kier alpha value is -2.33. The van der Waals surface area contributed by atoms with Crippen LogP contribution in [-0.2, 0) is 22.4 Å². The number of nitrogens with one attached hydrogen (secondary N) is 1. The van der Waals surface area contributed by atoms with Crippen LogP contribution in [0.25, 0.3) is 0 Å². The fourth-order valence-electron chi connectivity index (χ4n) is 3.26. The van der Waals surface area contributed by atoms with E-state index in [1.54, 1.807) is 17.0 Å². The van der Waals surface area contributed by atoms with Gasteiger partial charge in [-0.3, -0.25) is 9.59 Å². The summed E-state index contributed by atoms with van der Waals surface area (Å²) in [7, 11) is 0. The van der Waals surface area contributed by atoms with Gasteiger partial charge < -0.3 is 10.2 Å². The van der Waals surface area contributed by atoms with E-state index in [2.05, 4.69) is 5.32 Å². The standard InChI is InChI=1S/C21H23ClN2O2/c1-14(2)20(23-19(25)13-15-7-9-17(22)10-8-15)21(26)24-12-11-16-5-3-4-6-18(16)24/h3-10,14,20H,11-13H2,1-2H3,(H,23,25)/t20-/m0/s1. The van der Waals surface area contributed by atoms with Gasteiger partial charge in [-0.15, -0.1) is 0 Å². The molecule has 2 amide bonds. The molecule has 0 aliphatic carbocycles. The molecule has 136 valence electrons. The molecular weight excluding hydrogens is 348 g/mol. The van der Waals surface area contributed by atoms with Crippen LogP contribution in [0, 0.1) is 5.92 Å². The average Bonchev–Trinajstić information content (AvgIpc) is 3.05. The number of fused-ring (bicyclic) bond motifs is 1. The summed E-state index contributed by atoms with van der Waals surface area (Å²) in [5.74, 6) is -0.203. The molecule has 0 saturated heterocycles. The first-order chi connectivity index (χ1) is 12.5. The van der Waals surface area contributed by atoms with E-state index in [0.717, 1.165) is 17.7 Å². The molecule has 0 spiro atoms. The molecule has 0 unspecified atom stereocenters. The Bertz CT molecular complexity index is 802. The summed E-state index contributed by atoms with van der Waals surface area (Å²) in [4.78, 5) is 27.3. The maximum atomic E-state index is 13.1. The lowest BCUT2D eigenvalue weighted by Crippen LogP contribution is -2.51. The summed E-state index contributed by atoms with van der Waals surface area (Å²) in [6.07, 6.45) is 1.08. The van der Waals surface area contributed by atoms with Crippen molar-refractivity contribution in [1.29, 1.82) is 0 Å². The van der Waals surface area contributed by atoms with Gasteiger partial charge in [0.05, 0.1) is 6.42 Å². The molecule has 5 heteroatoms. The van der Waals surface area contributed by atoms with E-state index in [9.17, 15) is 9.59 Å². The Morgan fingerprint density at radius 1 is 1.12 bits per heavy atom. The highest BCUT2D eigenvalue weighted by Crippen LogP contribution is 2.28. The first-order valence-electron chi connectivity index (χ1n) is 8.89. The highest BCUT2D eigenvalue weighted by atomic mass is 35.5. The molecule has 0 saturated carbocycles. The van der Waals surface area contributed by atoms with E-state index in [1.807, 2.05) is 50.2 Å². The van der Waals surface area contributed by atoms with Crippen LogP contribution in [0.15, 0.2) is 48.5 Å². The van der Waals surface area contributed by atoms with Crippen LogP contribution in [0.3, 0.4) is 0 Å². The third kappa shape index (κ3) is 4.07. The lowest BCUT2D eigenvalue weighted by Gasteiger charge is -2.27. The average molecular weight is 371 g/mol. The van der Waals surface area contributed by atoms with Crippen molar-refractivity contribution in [3.8, 4) is 0 Å². The first-order valence-corrected chi connectivity index (χ1v) is 9.26. The van der Waals surface area contributed by atoms with Crippen molar-refractivity contribution < 1.29 is 9.59 Å². The molecule has 1 atom stereocenters. The maximum absolute atomic E-state index is 13.1. The van der Waals surface area contributed by atoms with Gasteiger partial charge in [0.15, 0.2) is 0 Å². The van der Waals surface area contributed by atoms with Gasteiger partial charge in [-0.05, 0) is 41.7 Å². The van der Waals surface area contributed by atoms with E-state index >= 15 is 0 Å². The molecule has 4 nitrogen and oxygen atoms in total. The summed E-state index contributed by atoms with van der Waals surface area (Å²) in [5.41, 5.74) is 3.00. The molecule has 0 radical (unpaired) electrons. The number of anilines is 1.